The summed E-state index contributed by atoms with van der Waals surface area (Å²) in [6.07, 6.45) is 4.59. The van der Waals surface area contributed by atoms with Gasteiger partial charge in [0.25, 0.3) is 0 Å². The minimum atomic E-state index is 0.678. The van der Waals surface area contributed by atoms with Gasteiger partial charge in [-0.2, -0.15) is 5.10 Å². The van der Waals surface area contributed by atoms with Crippen molar-refractivity contribution >= 4 is 0 Å². The number of methoxy groups -OCH3 is 1. The van der Waals surface area contributed by atoms with E-state index in [0.717, 1.165) is 31.3 Å². The smallest absolute Gasteiger partial charge is 0.123 e. The molecule has 160 valence electrons. The van der Waals surface area contributed by atoms with Gasteiger partial charge in [0.1, 0.15) is 5.75 Å². The van der Waals surface area contributed by atoms with Crippen LogP contribution in [0.1, 0.15) is 43.5 Å². The second-order valence-corrected chi connectivity index (χ2v) is 9.00. The fourth-order valence-electron chi connectivity index (χ4n) is 4.43. The fraction of sp³-hybridized carbons (Fsp3) is 0.625. The van der Waals surface area contributed by atoms with Gasteiger partial charge in [0, 0.05) is 50.0 Å². The van der Waals surface area contributed by atoms with Gasteiger partial charge < -0.3 is 4.74 Å². The van der Waals surface area contributed by atoms with Crippen LogP contribution < -0.4 is 4.74 Å². The van der Waals surface area contributed by atoms with Gasteiger partial charge in [-0.15, -0.1) is 0 Å². The molecule has 1 saturated heterocycles. The number of ether oxygens (including phenoxy) is 1. The molecule has 0 saturated carbocycles. The van der Waals surface area contributed by atoms with E-state index < -0.39 is 0 Å². The third kappa shape index (κ3) is 6.06. The molecule has 3 rings (SSSR count). The van der Waals surface area contributed by atoms with Crippen LogP contribution in [0.25, 0.3) is 0 Å². The summed E-state index contributed by atoms with van der Waals surface area (Å²) in [6, 6.07) is 8.40. The number of rotatable bonds is 9. The van der Waals surface area contributed by atoms with Crippen LogP contribution in [0.5, 0.6) is 5.75 Å². The Hall–Kier alpha value is -1.85. The standard InChI is InChI=1S/C24H38N4O/c1-19(2)15-28(18-23-14-25-26(4)20(23)3)16-21-10-12-27(13-11-21)17-22-8-6-7-9-24(22)29-5/h6-9,14,19,21H,10-13,15-18H2,1-5H3. The molecule has 0 atom stereocenters. The Labute approximate surface area is 176 Å². The number of piperidine rings is 1. The van der Waals surface area contributed by atoms with E-state index in [-0.39, 0.29) is 0 Å². The van der Waals surface area contributed by atoms with E-state index in [4.69, 9.17) is 4.74 Å². The van der Waals surface area contributed by atoms with E-state index in [1.54, 1.807) is 7.11 Å². The quantitative estimate of drug-likeness (QED) is 0.637. The SMILES string of the molecule is COc1ccccc1CN1CCC(CN(Cc2cnn(C)c2C)CC(C)C)CC1. The summed E-state index contributed by atoms with van der Waals surface area (Å²) in [4.78, 5) is 5.22. The van der Waals surface area contributed by atoms with Crippen LogP contribution in [0.3, 0.4) is 0 Å². The molecule has 1 aromatic carbocycles. The Morgan fingerprint density at radius 2 is 1.90 bits per heavy atom. The Bertz CT molecular complexity index is 762. The second kappa shape index (κ2) is 10.3. The Morgan fingerprint density at radius 1 is 1.17 bits per heavy atom. The zero-order valence-corrected chi connectivity index (χ0v) is 18.9. The lowest BCUT2D eigenvalue weighted by molar-refractivity contribution is 0.128. The van der Waals surface area contributed by atoms with Gasteiger partial charge in [-0.25, -0.2) is 0 Å². The maximum Gasteiger partial charge on any atom is 0.123 e. The lowest BCUT2D eigenvalue weighted by Crippen LogP contribution is -2.39. The highest BCUT2D eigenvalue weighted by Crippen LogP contribution is 2.25. The van der Waals surface area contributed by atoms with E-state index in [0.29, 0.717) is 5.92 Å². The third-order valence-corrected chi connectivity index (χ3v) is 6.16. The molecule has 1 fully saturated rings. The first-order chi connectivity index (χ1) is 14.0. The molecule has 2 aromatic rings. The van der Waals surface area contributed by atoms with Crippen molar-refractivity contribution in [1.82, 2.24) is 19.6 Å². The van der Waals surface area contributed by atoms with Gasteiger partial charge in [0.15, 0.2) is 0 Å². The summed E-state index contributed by atoms with van der Waals surface area (Å²) in [7, 11) is 3.79. The van der Waals surface area contributed by atoms with Crippen LogP contribution in [0.2, 0.25) is 0 Å². The molecule has 1 aromatic heterocycles. The van der Waals surface area contributed by atoms with Crippen molar-refractivity contribution in [1.29, 1.82) is 0 Å². The van der Waals surface area contributed by atoms with Crippen LogP contribution in [0.4, 0.5) is 0 Å². The van der Waals surface area contributed by atoms with Crippen molar-refractivity contribution in [2.75, 3.05) is 33.3 Å². The molecule has 29 heavy (non-hydrogen) atoms. The first kappa shape index (κ1) is 21.8. The van der Waals surface area contributed by atoms with Gasteiger partial charge in [-0.3, -0.25) is 14.5 Å². The summed E-state index contributed by atoms with van der Waals surface area (Å²) >= 11 is 0. The predicted molar refractivity (Wildman–Crippen MR) is 119 cm³/mol. The van der Waals surface area contributed by atoms with E-state index in [9.17, 15) is 0 Å². The molecule has 2 heterocycles. The zero-order chi connectivity index (χ0) is 20.8. The van der Waals surface area contributed by atoms with Crippen LogP contribution in [0, 0.1) is 18.8 Å². The zero-order valence-electron chi connectivity index (χ0n) is 18.9. The maximum atomic E-state index is 5.53. The van der Waals surface area contributed by atoms with Crippen LogP contribution in [0.15, 0.2) is 30.5 Å². The van der Waals surface area contributed by atoms with Crippen molar-refractivity contribution in [2.24, 2.45) is 18.9 Å². The summed E-state index contributed by atoms with van der Waals surface area (Å²) in [5.41, 5.74) is 3.94. The highest BCUT2D eigenvalue weighted by molar-refractivity contribution is 5.33. The number of likely N-dealkylation sites (tertiary alicyclic amines) is 1. The van der Waals surface area contributed by atoms with Crippen molar-refractivity contribution in [3.8, 4) is 5.75 Å². The molecule has 0 N–H and O–H groups in total. The Morgan fingerprint density at radius 3 is 2.52 bits per heavy atom. The molecule has 1 aliphatic heterocycles. The average molecular weight is 399 g/mol. The molecule has 0 radical (unpaired) electrons. The monoisotopic (exact) mass is 398 g/mol. The first-order valence-corrected chi connectivity index (χ1v) is 11.0. The molecule has 0 bridgehead atoms. The molecule has 0 amide bonds. The van der Waals surface area contributed by atoms with E-state index in [1.807, 2.05) is 24.0 Å². The predicted octanol–water partition coefficient (Wildman–Crippen LogP) is 4.11. The molecular formula is C24H38N4O. The topological polar surface area (TPSA) is 33.5 Å². The minimum absolute atomic E-state index is 0.678. The Balaban J connectivity index is 1.53. The molecule has 0 spiro atoms. The minimum Gasteiger partial charge on any atom is -0.496 e. The van der Waals surface area contributed by atoms with Crippen LogP contribution in [-0.2, 0) is 20.1 Å². The second-order valence-electron chi connectivity index (χ2n) is 9.00. The van der Waals surface area contributed by atoms with Gasteiger partial charge in [-0.05, 0) is 50.8 Å². The summed E-state index contributed by atoms with van der Waals surface area (Å²) in [5, 5.41) is 4.43. The van der Waals surface area contributed by atoms with Gasteiger partial charge >= 0.3 is 0 Å². The van der Waals surface area contributed by atoms with Gasteiger partial charge in [-0.1, -0.05) is 32.0 Å². The molecule has 5 heteroatoms. The maximum absolute atomic E-state index is 5.53. The fourth-order valence-corrected chi connectivity index (χ4v) is 4.43. The number of aryl methyl sites for hydroxylation is 1. The van der Waals surface area contributed by atoms with Crippen molar-refractivity contribution in [3.63, 3.8) is 0 Å². The number of benzene rings is 1. The summed E-state index contributed by atoms with van der Waals surface area (Å²) < 4.78 is 7.51. The summed E-state index contributed by atoms with van der Waals surface area (Å²) in [5.74, 6) is 2.46. The highest BCUT2D eigenvalue weighted by atomic mass is 16.5. The average Bonchev–Trinajstić information content (AvgIpc) is 3.01. The van der Waals surface area contributed by atoms with E-state index >= 15 is 0 Å². The lowest BCUT2D eigenvalue weighted by Gasteiger charge is -2.35. The Kier molecular flexibility index (Phi) is 7.73. The van der Waals surface area contributed by atoms with Crippen molar-refractivity contribution in [3.05, 3.63) is 47.3 Å². The number of aromatic nitrogens is 2. The summed E-state index contributed by atoms with van der Waals surface area (Å²) in [6.45, 7) is 13.5. The molecule has 0 unspecified atom stereocenters. The molecule has 0 aliphatic carbocycles. The van der Waals surface area contributed by atoms with Crippen molar-refractivity contribution < 1.29 is 4.74 Å². The largest absolute Gasteiger partial charge is 0.496 e. The normalized spacial score (nSPS) is 16.1. The van der Waals surface area contributed by atoms with E-state index in [2.05, 4.69) is 53.9 Å². The number of hydrogen-bond acceptors (Lipinski definition) is 4. The molecular weight excluding hydrogens is 360 g/mol. The van der Waals surface area contributed by atoms with Gasteiger partial charge in [0.05, 0.1) is 13.3 Å². The number of para-hydroxylation sites is 1. The van der Waals surface area contributed by atoms with Crippen LogP contribution >= 0.6 is 0 Å². The first-order valence-electron chi connectivity index (χ1n) is 11.0. The van der Waals surface area contributed by atoms with Crippen molar-refractivity contribution in [2.45, 2.75) is 46.7 Å². The van der Waals surface area contributed by atoms with Crippen LogP contribution in [-0.4, -0.2) is 52.9 Å². The molecule has 1 aliphatic rings. The highest BCUT2D eigenvalue weighted by Gasteiger charge is 2.23. The lowest BCUT2D eigenvalue weighted by atomic mass is 9.95. The third-order valence-electron chi connectivity index (χ3n) is 6.16. The van der Waals surface area contributed by atoms with E-state index in [1.165, 1.54) is 49.3 Å². The number of nitrogens with zero attached hydrogens (tertiary/aromatic N) is 4. The molecule has 5 nitrogen and oxygen atoms in total. The number of hydrogen-bond donors (Lipinski definition) is 0. The van der Waals surface area contributed by atoms with Gasteiger partial charge in [0.2, 0.25) is 0 Å².